The molecule has 0 radical (unpaired) electrons. The van der Waals surface area contributed by atoms with Crippen molar-refractivity contribution in [1.82, 2.24) is 0 Å². The molecule has 0 unspecified atom stereocenters. The van der Waals surface area contributed by atoms with E-state index >= 15 is 0 Å². The summed E-state index contributed by atoms with van der Waals surface area (Å²) in [5.41, 5.74) is 2.03. The lowest BCUT2D eigenvalue weighted by atomic mass is 10.2. The maximum absolute atomic E-state index is 4.35. The first-order chi connectivity index (χ1) is 9.28. The van der Waals surface area contributed by atoms with E-state index in [1.54, 1.807) is 6.08 Å². The number of hydrogen-bond donors (Lipinski definition) is 0. The summed E-state index contributed by atoms with van der Waals surface area (Å²) in [4.78, 5) is 4.35. The molecule has 1 nitrogen and oxygen atoms in total. The molecular formula is C18H31N. The fraction of sp³-hybridized carbons (Fsp3) is 0.389. The first-order valence-electron chi connectivity index (χ1n) is 7.07. The molecule has 0 aliphatic carbocycles. The van der Waals surface area contributed by atoms with E-state index in [0.717, 1.165) is 11.3 Å². The molecule has 0 rings (SSSR count). The van der Waals surface area contributed by atoms with E-state index in [-0.39, 0.29) is 0 Å². The quantitative estimate of drug-likeness (QED) is 0.408. The Morgan fingerprint density at radius 1 is 0.895 bits per heavy atom. The minimum Gasteiger partial charge on any atom is -0.257 e. The second-order valence-corrected chi connectivity index (χ2v) is 2.86. The highest BCUT2D eigenvalue weighted by Crippen LogP contribution is 2.01. The predicted octanol–water partition coefficient (Wildman–Crippen LogP) is 6.28. The first kappa shape index (κ1) is 22.5. The summed E-state index contributed by atoms with van der Waals surface area (Å²) in [7, 11) is 0. The highest BCUT2D eigenvalue weighted by Gasteiger charge is 1.85. The van der Waals surface area contributed by atoms with Crippen molar-refractivity contribution in [2.24, 2.45) is 4.99 Å². The van der Waals surface area contributed by atoms with Crippen molar-refractivity contribution in [3.63, 3.8) is 0 Å². The normalized spacial score (nSPS) is 12.2. The topological polar surface area (TPSA) is 12.4 Å². The Morgan fingerprint density at radius 3 is 1.84 bits per heavy atom. The molecule has 0 aromatic heterocycles. The van der Waals surface area contributed by atoms with Crippen LogP contribution in [0.2, 0.25) is 0 Å². The van der Waals surface area contributed by atoms with Crippen molar-refractivity contribution < 1.29 is 0 Å². The molecule has 0 heterocycles. The van der Waals surface area contributed by atoms with Gasteiger partial charge < -0.3 is 0 Å². The van der Waals surface area contributed by atoms with E-state index in [2.05, 4.69) is 11.6 Å². The molecule has 1 heteroatoms. The lowest BCUT2D eigenvalue weighted by Gasteiger charge is -1.93. The van der Waals surface area contributed by atoms with E-state index in [1.807, 2.05) is 91.1 Å². The molecule has 0 amide bonds. The lowest BCUT2D eigenvalue weighted by molar-refractivity contribution is 1.38. The van der Waals surface area contributed by atoms with Crippen molar-refractivity contribution in [2.75, 3.05) is 0 Å². The van der Waals surface area contributed by atoms with Gasteiger partial charge in [-0.15, -0.1) is 0 Å². The smallest absolute Gasteiger partial charge is 0.0583 e. The summed E-state index contributed by atoms with van der Waals surface area (Å²) >= 11 is 0. The highest BCUT2D eigenvalue weighted by molar-refractivity contribution is 5.83. The van der Waals surface area contributed by atoms with Crippen molar-refractivity contribution in [3.8, 4) is 0 Å². The van der Waals surface area contributed by atoms with Crippen LogP contribution >= 0.6 is 0 Å². The molecule has 108 valence electrons. The average Bonchev–Trinajstić information content (AvgIpc) is 2.50. The van der Waals surface area contributed by atoms with E-state index in [0.29, 0.717) is 0 Å². The minimum atomic E-state index is 0.962. The SMILES string of the molecule is C=C\C=C/C(/C=N\C(\C=C/C)=C\C)=C\C.CC.CC. The summed E-state index contributed by atoms with van der Waals surface area (Å²) in [6.45, 7) is 17.6. The number of nitrogens with zero attached hydrogens (tertiary/aromatic N) is 1. The Kier molecular flexibility index (Phi) is 25.7. The van der Waals surface area contributed by atoms with Crippen LogP contribution in [0.3, 0.4) is 0 Å². The van der Waals surface area contributed by atoms with Crippen LogP contribution in [0.25, 0.3) is 0 Å². The van der Waals surface area contributed by atoms with Gasteiger partial charge in [0.1, 0.15) is 0 Å². The van der Waals surface area contributed by atoms with Gasteiger partial charge in [-0.1, -0.05) is 70.7 Å². The summed E-state index contributed by atoms with van der Waals surface area (Å²) < 4.78 is 0. The fourth-order valence-corrected chi connectivity index (χ4v) is 0.927. The molecule has 0 saturated carbocycles. The van der Waals surface area contributed by atoms with Gasteiger partial charge >= 0.3 is 0 Å². The number of rotatable bonds is 5. The van der Waals surface area contributed by atoms with Crippen LogP contribution in [0, 0.1) is 0 Å². The summed E-state index contributed by atoms with van der Waals surface area (Å²) in [6, 6.07) is 0. The van der Waals surface area contributed by atoms with Crippen LogP contribution in [0.5, 0.6) is 0 Å². The largest absolute Gasteiger partial charge is 0.257 e. The molecule has 0 fully saturated rings. The van der Waals surface area contributed by atoms with Crippen molar-refractivity contribution >= 4 is 6.21 Å². The minimum absolute atomic E-state index is 0.962. The standard InChI is InChI=1S/C14H19N.2C2H6/c1-5-9-11-13(7-3)12-15-14(8-4)10-6-2;2*1-2/h5-12H,1H2,2-4H3;2*1-2H3/b10-6-,11-9-,13-7+,14-8+,15-12-;;. The molecule has 0 spiro atoms. The zero-order valence-electron chi connectivity index (χ0n) is 13.8. The molecule has 0 aromatic carbocycles. The third-order valence-corrected chi connectivity index (χ3v) is 1.75. The van der Waals surface area contributed by atoms with Crippen LogP contribution < -0.4 is 0 Å². The van der Waals surface area contributed by atoms with E-state index < -0.39 is 0 Å². The second kappa shape index (κ2) is 21.6. The second-order valence-electron chi connectivity index (χ2n) is 2.86. The number of aliphatic imine (C=N–C) groups is 1. The van der Waals surface area contributed by atoms with Crippen LogP contribution in [0.4, 0.5) is 0 Å². The predicted molar refractivity (Wildman–Crippen MR) is 92.9 cm³/mol. The van der Waals surface area contributed by atoms with Gasteiger partial charge in [0, 0.05) is 6.21 Å². The molecule has 0 aliphatic rings. The summed E-state index contributed by atoms with van der Waals surface area (Å²) in [6.07, 6.45) is 15.4. The third-order valence-electron chi connectivity index (χ3n) is 1.75. The lowest BCUT2D eigenvalue weighted by Crippen LogP contribution is -1.80. The molecule has 0 saturated heterocycles. The van der Waals surface area contributed by atoms with E-state index in [9.17, 15) is 0 Å². The van der Waals surface area contributed by atoms with E-state index in [4.69, 9.17) is 0 Å². The van der Waals surface area contributed by atoms with Gasteiger partial charge in [-0.25, -0.2) is 0 Å². The Labute approximate surface area is 120 Å². The Balaban J connectivity index is -0.000000579. The molecule has 0 aliphatic heterocycles. The maximum atomic E-state index is 4.35. The molecule has 0 aromatic rings. The average molecular weight is 261 g/mol. The number of allylic oxidation sites excluding steroid dienone is 8. The molecule has 0 bridgehead atoms. The molecule has 0 N–H and O–H groups in total. The van der Waals surface area contributed by atoms with Gasteiger partial charge in [-0.2, -0.15) is 0 Å². The van der Waals surface area contributed by atoms with Crippen LogP contribution in [0.1, 0.15) is 48.5 Å². The Bertz CT molecular complexity index is 326. The third kappa shape index (κ3) is 16.4. The summed E-state index contributed by atoms with van der Waals surface area (Å²) in [5, 5.41) is 0. The van der Waals surface area contributed by atoms with Crippen molar-refractivity contribution in [2.45, 2.75) is 48.5 Å². The zero-order chi connectivity index (χ0) is 15.5. The monoisotopic (exact) mass is 261 g/mol. The van der Waals surface area contributed by atoms with Gasteiger partial charge in [-0.05, 0) is 32.4 Å². The van der Waals surface area contributed by atoms with Crippen LogP contribution in [-0.2, 0) is 0 Å². The van der Waals surface area contributed by atoms with Crippen LogP contribution in [0.15, 0.2) is 65.4 Å². The zero-order valence-corrected chi connectivity index (χ0v) is 13.8. The Morgan fingerprint density at radius 2 is 1.47 bits per heavy atom. The molecule has 19 heavy (non-hydrogen) atoms. The highest BCUT2D eigenvalue weighted by atomic mass is 14.7. The van der Waals surface area contributed by atoms with Gasteiger partial charge in [0.15, 0.2) is 0 Å². The molecular weight excluding hydrogens is 230 g/mol. The number of hydrogen-bond acceptors (Lipinski definition) is 1. The Hall–Kier alpha value is -1.63. The fourth-order valence-electron chi connectivity index (χ4n) is 0.927. The first-order valence-corrected chi connectivity index (χ1v) is 7.07. The van der Waals surface area contributed by atoms with Crippen molar-refractivity contribution in [1.29, 1.82) is 0 Å². The van der Waals surface area contributed by atoms with Gasteiger partial charge in [0.25, 0.3) is 0 Å². The molecule has 0 atom stereocenters. The van der Waals surface area contributed by atoms with Gasteiger partial charge in [0.05, 0.1) is 5.70 Å². The summed E-state index contributed by atoms with van der Waals surface area (Å²) in [5.74, 6) is 0. The van der Waals surface area contributed by atoms with Crippen molar-refractivity contribution in [3.05, 3.63) is 60.4 Å². The van der Waals surface area contributed by atoms with E-state index in [1.165, 1.54) is 0 Å². The van der Waals surface area contributed by atoms with Crippen LogP contribution in [-0.4, -0.2) is 6.21 Å². The maximum Gasteiger partial charge on any atom is 0.0583 e. The van der Waals surface area contributed by atoms with Gasteiger partial charge in [-0.3, -0.25) is 4.99 Å². The van der Waals surface area contributed by atoms with Gasteiger partial charge in [0.2, 0.25) is 0 Å².